The molecule has 0 bridgehead atoms. The highest BCUT2D eigenvalue weighted by molar-refractivity contribution is 7.89. The van der Waals surface area contributed by atoms with Crippen molar-refractivity contribution in [2.75, 3.05) is 33.8 Å². The van der Waals surface area contributed by atoms with Gasteiger partial charge in [-0.15, -0.1) is 0 Å². The number of carbonyl (C=O) groups is 1. The van der Waals surface area contributed by atoms with E-state index in [1.54, 1.807) is 23.5 Å². The van der Waals surface area contributed by atoms with Crippen molar-refractivity contribution in [2.24, 2.45) is 5.92 Å². The smallest absolute Gasteiger partial charge is 0.244 e. The largest absolute Gasteiger partial charge is 0.497 e. The Balaban J connectivity index is 1.67. The van der Waals surface area contributed by atoms with Crippen LogP contribution in [0.25, 0.3) is 0 Å². The summed E-state index contributed by atoms with van der Waals surface area (Å²) in [4.78, 5) is 18.5. The molecular weight excluding hydrogens is 450 g/mol. The van der Waals surface area contributed by atoms with Gasteiger partial charge in [0.1, 0.15) is 11.8 Å². The van der Waals surface area contributed by atoms with Crippen molar-refractivity contribution in [1.82, 2.24) is 14.1 Å². The Hall–Kier alpha value is -1.64. The molecule has 8 heteroatoms. The van der Waals surface area contributed by atoms with Crippen LogP contribution in [0.15, 0.2) is 17.0 Å². The zero-order valence-corrected chi connectivity index (χ0v) is 22.2. The average molecular weight is 492 g/mol. The molecule has 0 N–H and O–H groups in total. The van der Waals surface area contributed by atoms with Gasteiger partial charge in [-0.2, -0.15) is 4.31 Å². The molecule has 7 nitrogen and oxygen atoms in total. The van der Waals surface area contributed by atoms with Gasteiger partial charge >= 0.3 is 0 Å². The lowest BCUT2D eigenvalue weighted by atomic mass is 9.85. The van der Waals surface area contributed by atoms with Crippen molar-refractivity contribution in [3.8, 4) is 5.75 Å². The lowest BCUT2D eigenvalue weighted by molar-refractivity contribution is -0.136. The zero-order chi connectivity index (χ0) is 24.6. The molecule has 1 aliphatic carbocycles. The highest BCUT2D eigenvalue weighted by Crippen LogP contribution is 2.44. The number of piperidine rings is 1. The lowest BCUT2D eigenvalue weighted by Gasteiger charge is -2.39. The van der Waals surface area contributed by atoms with Crippen molar-refractivity contribution in [1.29, 1.82) is 0 Å². The number of sulfonamides is 1. The van der Waals surface area contributed by atoms with Crippen LogP contribution in [0.1, 0.15) is 63.0 Å². The Morgan fingerprint density at radius 1 is 1.09 bits per heavy atom. The van der Waals surface area contributed by atoms with E-state index in [0.29, 0.717) is 28.2 Å². The summed E-state index contributed by atoms with van der Waals surface area (Å²) in [5.41, 5.74) is 1.34. The van der Waals surface area contributed by atoms with Crippen molar-refractivity contribution in [3.63, 3.8) is 0 Å². The molecule has 4 rings (SSSR count). The molecule has 2 aliphatic heterocycles. The minimum absolute atomic E-state index is 0.0308. The molecule has 34 heavy (non-hydrogen) atoms. The van der Waals surface area contributed by atoms with Crippen LogP contribution in [0.2, 0.25) is 0 Å². The number of fused-ring (bicyclic) bond motifs is 1. The topological polar surface area (TPSA) is 70.2 Å². The fourth-order valence-electron chi connectivity index (χ4n) is 6.55. The molecule has 0 unspecified atom stereocenters. The van der Waals surface area contributed by atoms with Gasteiger partial charge in [0.2, 0.25) is 15.9 Å². The van der Waals surface area contributed by atoms with E-state index in [4.69, 9.17) is 4.74 Å². The highest BCUT2D eigenvalue weighted by atomic mass is 32.2. The number of likely N-dealkylation sites (N-methyl/N-ethyl adjacent to an activating group) is 1. The number of likely N-dealkylation sites (tertiary alicyclic amines) is 1. The van der Waals surface area contributed by atoms with Crippen LogP contribution in [0.4, 0.5) is 0 Å². The van der Waals surface area contributed by atoms with Gasteiger partial charge in [0.25, 0.3) is 0 Å². The molecule has 1 amide bonds. The maximum Gasteiger partial charge on any atom is 0.244 e. The monoisotopic (exact) mass is 491 g/mol. The summed E-state index contributed by atoms with van der Waals surface area (Å²) in [6.45, 7) is 8.81. The summed E-state index contributed by atoms with van der Waals surface area (Å²) in [7, 11) is -0.376. The number of carbonyl (C=O) groups excluding carboxylic acids is 1. The molecule has 1 aromatic carbocycles. The summed E-state index contributed by atoms with van der Waals surface area (Å²) in [5, 5.41) is 0. The summed E-state index contributed by atoms with van der Waals surface area (Å²) < 4.78 is 35.4. The van der Waals surface area contributed by atoms with E-state index in [1.807, 2.05) is 25.8 Å². The molecule has 1 saturated carbocycles. The highest BCUT2D eigenvalue weighted by Gasteiger charge is 2.52. The second-order valence-electron chi connectivity index (χ2n) is 10.4. The number of ether oxygens (including phenoxy) is 1. The van der Waals surface area contributed by atoms with E-state index < -0.39 is 16.1 Å². The molecule has 2 saturated heterocycles. The maximum absolute atomic E-state index is 14.2. The summed E-state index contributed by atoms with van der Waals surface area (Å²) in [6, 6.07) is 3.02. The van der Waals surface area contributed by atoms with Crippen molar-refractivity contribution >= 4 is 15.9 Å². The third-order valence-corrected chi connectivity index (χ3v) is 10.7. The third-order valence-electron chi connectivity index (χ3n) is 8.42. The molecular formula is C26H41N3O4S. The lowest BCUT2D eigenvalue weighted by Crippen LogP contribution is -2.53. The van der Waals surface area contributed by atoms with E-state index in [1.165, 1.54) is 0 Å². The molecule has 3 atom stereocenters. The predicted molar refractivity (Wildman–Crippen MR) is 134 cm³/mol. The van der Waals surface area contributed by atoms with Gasteiger partial charge in [-0.1, -0.05) is 19.8 Å². The van der Waals surface area contributed by atoms with E-state index in [2.05, 4.69) is 11.8 Å². The number of methoxy groups -OCH3 is 1. The van der Waals surface area contributed by atoms with Gasteiger partial charge in [0, 0.05) is 32.2 Å². The normalized spacial score (nSPS) is 26.9. The quantitative estimate of drug-likeness (QED) is 0.608. The Kier molecular flexibility index (Phi) is 7.60. The first-order chi connectivity index (χ1) is 16.2. The number of hydrogen-bond donors (Lipinski definition) is 0. The van der Waals surface area contributed by atoms with Gasteiger partial charge < -0.3 is 14.5 Å². The number of nitrogens with zero attached hydrogens (tertiary/aromatic N) is 3. The Bertz CT molecular complexity index is 980. The summed E-state index contributed by atoms with van der Waals surface area (Å²) >= 11 is 0. The number of amides is 1. The second kappa shape index (κ2) is 10.2. The average Bonchev–Trinajstić information content (AvgIpc) is 3.23. The van der Waals surface area contributed by atoms with E-state index in [-0.39, 0.29) is 23.9 Å². The molecule has 3 fully saturated rings. The predicted octanol–water partition coefficient (Wildman–Crippen LogP) is 3.58. The van der Waals surface area contributed by atoms with Crippen LogP contribution >= 0.6 is 0 Å². The minimum Gasteiger partial charge on any atom is -0.497 e. The summed E-state index contributed by atoms with van der Waals surface area (Å²) in [5.74, 6) is 0.875. The third kappa shape index (κ3) is 4.61. The SMILES string of the molecule is CCN1CCC(N(C)C(=O)[C@@H]2C[C@H]3CCCC[C@@H]3N2S(=O)(=O)c2c(C)cc(OC)cc2C)CC1. The number of benzene rings is 1. The standard InChI is InChI=1S/C26H41N3O4S/c1-6-28-13-11-21(12-14-28)27(4)26(30)24-17-20-9-7-8-10-23(20)29(24)34(31,32)25-18(2)15-22(33-5)16-19(25)3/h15-16,20-21,23-24H,6-14,17H2,1-5H3/t20-,23+,24+/m1/s1. The van der Waals surface area contributed by atoms with Crippen molar-refractivity contribution in [2.45, 2.75) is 88.7 Å². The number of aryl methyl sites for hydroxylation is 2. The fourth-order valence-corrected chi connectivity index (χ4v) is 8.84. The Labute approximate surface area is 205 Å². The Morgan fingerprint density at radius 2 is 1.71 bits per heavy atom. The van der Waals surface area contributed by atoms with Gasteiger partial charge in [0.05, 0.1) is 12.0 Å². The first-order valence-corrected chi connectivity index (χ1v) is 14.3. The minimum atomic E-state index is -3.84. The molecule has 0 spiro atoms. The molecule has 0 aromatic heterocycles. The second-order valence-corrected chi connectivity index (χ2v) is 12.2. The van der Waals surface area contributed by atoms with E-state index in [9.17, 15) is 13.2 Å². The molecule has 3 aliphatic rings. The van der Waals surface area contributed by atoms with E-state index in [0.717, 1.165) is 58.2 Å². The van der Waals surface area contributed by atoms with Gasteiger partial charge in [0.15, 0.2) is 0 Å². The van der Waals surface area contributed by atoms with Crippen LogP contribution in [-0.2, 0) is 14.8 Å². The zero-order valence-electron chi connectivity index (χ0n) is 21.4. The fraction of sp³-hybridized carbons (Fsp3) is 0.731. The van der Waals surface area contributed by atoms with Crippen LogP contribution in [0.3, 0.4) is 0 Å². The molecule has 190 valence electrons. The van der Waals surface area contributed by atoms with Crippen LogP contribution < -0.4 is 4.74 Å². The van der Waals surface area contributed by atoms with Crippen LogP contribution in [0.5, 0.6) is 5.75 Å². The van der Waals surface area contributed by atoms with Gasteiger partial charge in [-0.25, -0.2) is 8.42 Å². The van der Waals surface area contributed by atoms with Crippen LogP contribution in [0, 0.1) is 19.8 Å². The first-order valence-electron chi connectivity index (χ1n) is 12.9. The van der Waals surface area contributed by atoms with Crippen molar-refractivity contribution in [3.05, 3.63) is 23.3 Å². The summed E-state index contributed by atoms with van der Waals surface area (Å²) in [6.07, 6.45) is 6.48. The number of hydrogen-bond acceptors (Lipinski definition) is 5. The Morgan fingerprint density at radius 3 is 2.29 bits per heavy atom. The molecule has 2 heterocycles. The van der Waals surface area contributed by atoms with Gasteiger partial charge in [-0.3, -0.25) is 4.79 Å². The first kappa shape index (κ1) is 25.5. The number of rotatable bonds is 6. The van der Waals surface area contributed by atoms with Gasteiger partial charge in [-0.05, 0) is 81.7 Å². The molecule has 0 radical (unpaired) electrons. The molecule has 1 aromatic rings. The van der Waals surface area contributed by atoms with Crippen molar-refractivity contribution < 1.29 is 17.9 Å². The van der Waals surface area contributed by atoms with E-state index >= 15 is 0 Å². The maximum atomic E-state index is 14.2. The van der Waals surface area contributed by atoms with Crippen LogP contribution in [-0.4, -0.2) is 80.3 Å².